The Morgan fingerprint density at radius 2 is 2.00 bits per heavy atom. The van der Waals surface area contributed by atoms with Crippen LogP contribution in [0.2, 0.25) is 0 Å². The van der Waals surface area contributed by atoms with Crippen molar-refractivity contribution >= 4 is 11.5 Å². The van der Waals surface area contributed by atoms with Crippen molar-refractivity contribution in [3.05, 3.63) is 15.8 Å². The van der Waals surface area contributed by atoms with Crippen molar-refractivity contribution in [1.82, 2.24) is 9.78 Å². The van der Waals surface area contributed by atoms with Crippen molar-refractivity contribution in [3.8, 4) is 0 Å². The molecule has 1 aliphatic carbocycles. The van der Waals surface area contributed by atoms with Gasteiger partial charge in [0, 0.05) is 19.0 Å². The fourth-order valence-electron chi connectivity index (χ4n) is 3.23. The summed E-state index contributed by atoms with van der Waals surface area (Å²) in [5.41, 5.74) is 0.947. The molecular formula is C13H20N4O2. The summed E-state index contributed by atoms with van der Waals surface area (Å²) < 4.78 is 1.81. The Kier molecular flexibility index (Phi) is 3.40. The van der Waals surface area contributed by atoms with Crippen molar-refractivity contribution in [3.63, 3.8) is 0 Å². The van der Waals surface area contributed by atoms with Gasteiger partial charge in [0.15, 0.2) is 0 Å². The first-order valence-corrected chi connectivity index (χ1v) is 7.26. The Labute approximate surface area is 112 Å². The average Bonchev–Trinajstić information content (AvgIpc) is 2.64. The van der Waals surface area contributed by atoms with E-state index in [1.165, 1.54) is 6.42 Å². The number of aryl methyl sites for hydroxylation is 1. The van der Waals surface area contributed by atoms with Gasteiger partial charge in [0.05, 0.1) is 4.92 Å². The van der Waals surface area contributed by atoms with E-state index >= 15 is 0 Å². The molecule has 104 valence electrons. The highest BCUT2D eigenvalue weighted by molar-refractivity contribution is 5.61. The van der Waals surface area contributed by atoms with Gasteiger partial charge in [-0.2, -0.15) is 5.10 Å². The molecule has 2 heterocycles. The molecule has 1 saturated carbocycles. The van der Waals surface area contributed by atoms with Crippen LogP contribution < -0.4 is 5.32 Å². The zero-order valence-corrected chi connectivity index (χ0v) is 11.1. The molecule has 1 fully saturated rings. The maximum atomic E-state index is 11.4. The molecule has 3 rings (SSSR count). The third-order valence-electron chi connectivity index (χ3n) is 4.22. The Bertz CT molecular complexity index is 477. The number of hydrogen-bond acceptors (Lipinski definition) is 4. The first-order chi connectivity index (χ1) is 9.27. The first kappa shape index (κ1) is 12.4. The van der Waals surface area contributed by atoms with E-state index in [0.29, 0.717) is 11.5 Å². The zero-order valence-electron chi connectivity index (χ0n) is 11.1. The van der Waals surface area contributed by atoms with Gasteiger partial charge in [-0.05, 0) is 25.7 Å². The number of nitro groups is 1. The van der Waals surface area contributed by atoms with Crippen LogP contribution >= 0.6 is 0 Å². The lowest BCUT2D eigenvalue weighted by Gasteiger charge is -2.18. The number of rotatable bonds is 2. The Morgan fingerprint density at radius 3 is 2.74 bits per heavy atom. The van der Waals surface area contributed by atoms with Crippen molar-refractivity contribution in [2.24, 2.45) is 0 Å². The summed E-state index contributed by atoms with van der Waals surface area (Å²) in [6.45, 7) is 1.59. The molecule has 19 heavy (non-hydrogen) atoms. The molecular weight excluding hydrogens is 244 g/mol. The number of nitrogens with one attached hydrogen (secondary N) is 1. The summed E-state index contributed by atoms with van der Waals surface area (Å²) in [4.78, 5) is 11.2. The quantitative estimate of drug-likeness (QED) is 0.658. The Morgan fingerprint density at radius 1 is 1.21 bits per heavy atom. The summed E-state index contributed by atoms with van der Waals surface area (Å²) in [6, 6.07) is 0. The van der Waals surface area contributed by atoms with Crippen molar-refractivity contribution in [2.75, 3.05) is 11.9 Å². The molecule has 0 saturated heterocycles. The monoisotopic (exact) mass is 264 g/mol. The lowest BCUT2D eigenvalue weighted by molar-refractivity contribution is -0.384. The van der Waals surface area contributed by atoms with E-state index < -0.39 is 0 Å². The van der Waals surface area contributed by atoms with Gasteiger partial charge in [-0.1, -0.05) is 19.3 Å². The maximum Gasteiger partial charge on any atom is 0.334 e. The molecule has 1 aromatic heterocycles. The standard InChI is InChI=1S/C13H20N4O2/c18-17(19)12-11(10-6-2-1-3-7-10)15-16-9-5-4-8-14-13(12)16/h10,14H,1-9H2. The van der Waals surface area contributed by atoms with Gasteiger partial charge in [0.1, 0.15) is 5.69 Å². The van der Waals surface area contributed by atoms with Crippen LogP contribution in [0.1, 0.15) is 56.6 Å². The van der Waals surface area contributed by atoms with E-state index in [9.17, 15) is 10.1 Å². The van der Waals surface area contributed by atoms with E-state index in [1.54, 1.807) is 0 Å². The normalized spacial score (nSPS) is 20.4. The van der Waals surface area contributed by atoms with Crippen LogP contribution in [0, 0.1) is 10.1 Å². The van der Waals surface area contributed by atoms with E-state index in [2.05, 4.69) is 10.4 Å². The number of fused-ring (bicyclic) bond motifs is 1. The van der Waals surface area contributed by atoms with Crippen LogP contribution in [0.4, 0.5) is 11.5 Å². The average molecular weight is 264 g/mol. The molecule has 1 N–H and O–H groups in total. The molecule has 0 spiro atoms. The molecule has 6 nitrogen and oxygen atoms in total. The highest BCUT2D eigenvalue weighted by Crippen LogP contribution is 2.40. The van der Waals surface area contributed by atoms with Gasteiger partial charge in [-0.3, -0.25) is 10.1 Å². The van der Waals surface area contributed by atoms with Gasteiger partial charge in [0.25, 0.3) is 0 Å². The largest absolute Gasteiger partial charge is 0.365 e. The van der Waals surface area contributed by atoms with Crippen LogP contribution in [-0.4, -0.2) is 21.2 Å². The van der Waals surface area contributed by atoms with Crippen LogP contribution in [0.25, 0.3) is 0 Å². The molecule has 1 aromatic rings. The minimum Gasteiger partial charge on any atom is -0.365 e. The van der Waals surface area contributed by atoms with Gasteiger partial charge in [-0.15, -0.1) is 0 Å². The minimum atomic E-state index is -0.249. The van der Waals surface area contributed by atoms with E-state index in [-0.39, 0.29) is 16.5 Å². The number of aromatic nitrogens is 2. The SMILES string of the molecule is O=[N+]([O-])c1c(C2CCCCC2)nn2c1NCCCC2. The topological polar surface area (TPSA) is 73.0 Å². The fourth-order valence-corrected chi connectivity index (χ4v) is 3.23. The van der Waals surface area contributed by atoms with Crippen molar-refractivity contribution < 1.29 is 4.92 Å². The predicted molar refractivity (Wildman–Crippen MR) is 72.4 cm³/mol. The van der Waals surface area contributed by atoms with Crippen LogP contribution in [0.3, 0.4) is 0 Å². The van der Waals surface area contributed by atoms with Gasteiger partial charge in [-0.25, -0.2) is 4.68 Å². The maximum absolute atomic E-state index is 11.4. The van der Waals surface area contributed by atoms with Crippen molar-refractivity contribution in [1.29, 1.82) is 0 Å². The molecule has 0 radical (unpaired) electrons. The first-order valence-electron chi connectivity index (χ1n) is 7.26. The van der Waals surface area contributed by atoms with Crippen LogP contribution in [0.5, 0.6) is 0 Å². The molecule has 0 amide bonds. The lowest BCUT2D eigenvalue weighted by atomic mass is 9.86. The molecule has 2 aliphatic rings. The fraction of sp³-hybridized carbons (Fsp3) is 0.769. The summed E-state index contributed by atoms with van der Waals surface area (Å²) in [7, 11) is 0. The highest BCUT2D eigenvalue weighted by atomic mass is 16.6. The number of hydrogen-bond donors (Lipinski definition) is 1. The van der Waals surface area contributed by atoms with E-state index in [0.717, 1.165) is 51.6 Å². The summed E-state index contributed by atoms with van der Waals surface area (Å²) >= 11 is 0. The second kappa shape index (κ2) is 5.19. The molecule has 0 unspecified atom stereocenters. The molecule has 6 heteroatoms. The molecule has 0 atom stereocenters. The van der Waals surface area contributed by atoms with Crippen LogP contribution in [0.15, 0.2) is 0 Å². The second-order valence-corrected chi connectivity index (χ2v) is 5.53. The van der Waals surface area contributed by atoms with Gasteiger partial charge < -0.3 is 5.32 Å². The molecule has 0 aromatic carbocycles. The van der Waals surface area contributed by atoms with E-state index in [1.807, 2.05) is 4.68 Å². The lowest BCUT2D eigenvalue weighted by Crippen LogP contribution is -2.08. The summed E-state index contributed by atoms with van der Waals surface area (Å²) in [5.74, 6) is 0.901. The zero-order chi connectivity index (χ0) is 13.2. The number of nitrogens with zero attached hydrogens (tertiary/aromatic N) is 3. The second-order valence-electron chi connectivity index (χ2n) is 5.53. The minimum absolute atomic E-state index is 0.230. The van der Waals surface area contributed by atoms with E-state index in [4.69, 9.17) is 0 Å². The molecule has 0 bridgehead atoms. The smallest absolute Gasteiger partial charge is 0.334 e. The Hall–Kier alpha value is -1.59. The highest BCUT2D eigenvalue weighted by Gasteiger charge is 2.33. The summed E-state index contributed by atoms with van der Waals surface area (Å²) in [6.07, 6.45) is 7.72. The predicted octanol–water partition coefficient (Wildman–Crippen LogP) is 3.04. The number of anilines is 1. The van der Waals surface area contributed by atoms with Gasteiger partial charge in [0.2, 0.25) is 5.82 Å². The molecule has 1 aliphatic heterocycles. The third kappa shape index (κ3) is 2.31. The summed E-state index contributed by atoms with van der Waals surface area (Å²) in [5, 5.41) is 19.2. The van der Waals surface area contributed by atoms with Gasteiger partial charge >= 0.3 is 5.69 Å². The van der Waals surface area contributed by atoms with Crippen molar-refractivity contribution in [2.45, 2.75) is 57.4 Å². The third-order valence-corrected chi connectivity index (χ3v) is 4.22. The van der Waals surface area contributed by atoms with Crippen LogP contribution in [-0.2, 0) is 6.54 Å². The Balaban J connectivity index is 2.00.